The highest BCUT2D eigenvalue weighted by atomic mass is 35.5. The number of phenolic OH excluding ortho intramolecular Hbond substituents is 1. The van der Waals surface area contributed by atoms with Gasteiger partial charge >= 0.3 is 0 Å². The maximum atomic E-state index is 11.8. The smallest absolute Gasteiger partial charge is 0.255 e. The van der Waals surface area contributed by atoms with Crippen molar-refractivity contribution in [3.63, 3.8) is 0 Å². The van der Waals surface area contributed by atoms with Crippen molar-refractivity contribution >= 4 is 17.5 Å². The fourth-order valence-corrected chi connectivity index (χ4v) is 1.57. The molecule has 2 N–H and O–H groups in total. The van der Waals surface area contributed by atoms with Crippen molar-refractivity contribution in [3.05, 3.63) is 29.3 Å². The predicted octanol–water partition coefficient (Wildman–Crippen LogP) is 1.68. The number of nitrogens with one attached hydrogen (secondary N) is 1. The number of alkyl halides is 1. The van der Waals surface area contributed by atoms with E-state index in [0.29, 0.717) is 13.2 Å². The molecule has 0 aliphatic heterocycles. The zero-order valence-electron chi connectivity index (χ0n) is 9.87. The molecule has 1 aromatic carbocycles. The largest absolute Gasteiger partial charge is 0.507 e. The monoisotopic (exact) mass is 257 g/mol. The topological polar surface area (TPSA) is 58.6 Å². The van der Waals surface area contributed by atoms with E-state index < -0.39 is 0 Å². The SMILES string of the molecule is COCC(Cl)CNC(=O)c1cc(C)ccc1O. The van der Waals surface area contributed by atoms with E-state index in [1.807, 2.05) is 6.92 Å². The van der Waals surface area contributed by atoms with E-state index in [4.69, 9.17) is 16.3 Å². The summed E-state index contributed by atoms with van der Waals surface area (Å²) < 4.78 is 4.85. The number of rotatable bonds is 5. The van der Waals surface area contributed by atoms with Crippen molar-refractivity contribution in [1.82, 2.24) is 5.32 Å². The van der Waals surface area contributed by atoms with Gasteiger partial charge in [0.1, 0.15) is 5.75 Å². The van der Waals surface area contributed by atoms with Crippen molar-refractivity contribution in [3.8, 4) is 5.75 Å². The maximum Gasteiger partial charge on any atom is 0.255 e. The molecule has 5 heteroatoms. The van der Waals surface area contributed by atoms with Crippen molar-refractivity contribution in [2.24, 2.45) is 0 Å². The average molecular weight is 258 g/mol. The highest BCUT2D eigenvalue weighted by molar-refractivity contribution is 6.21. The number of amides is 1. The number of halogens is 1. The lowest BCUT2D eigenvalue weighted by Gasteiger charge is -2.11. The molecule has 0 aliphatic rings. The number of ether oxygens (including phenoxy) is 1. The number of methoxy groups -OCH3 is 1. The third-order valence-corrected chi connectivity index (χ3v) is 2.51. The van der Waals surface area contributed by atoms with Crippen LogP contribution in [-0.4, -0.2) is 36.7 Å². The van der Waals surface area contributed by atoms with Gasteiger partial charge in [-0.3, -0.25) is 4.79 Å². The Balaban J connectivity index is 2.61. The van der Waals surface area contributed by atoms with Crippen LogP contribution in [0, 0.1) is 6.92 Å². The summed E-state index contributed by atoms with van der Waals surface area (Å²) in [5.41, 5.74) is 1.17. The van der Waals surface area contributed by atoms with Gasteiger partial charge in [0.15, 0.2) is 0 Å². The molecular weight excluding hydrogens is 242 g/mol. The molecule has 1 atom stereocenters. The third-order valence-electron chi connectivity index (χ3n) is 2.23. The van der Waals surface area contributed by atoms with Gasteiger partial charge in [-0.15, -0.1) is 11.6 Å². The van der Waals surface area contributed by atoms with Crippen LogP contribution in [-0.2, 0) is 4.74 Å². The van der Waals surface area contributed by atoms with Crippen LogP contribution < -0.4 is 5.32 Å². The fourth-order valence-electron chi connectivity index (χ4n) is 1.37. The Labute approximate surface area is 106 Å². The summed E-state index contributed by atoms with van der Waals surface area (Å²) in [7, 11) is 1.55. The van der Waals surface area contributed by atoms with Gasteiger partial charge in [0.2, 0.25) is 0 Å². The number of aromatic hydroxyl groups is 1. The first-order valence-corrected chi connectivity index (χ1v) is 5.69. The van der Waals surface area contributed by atoms with Gasteiger partial charge in [-0.2, -0.15) is 0 Å². The third kappa shape index (κ3) is 4.24. The molecule has 1 aromatic rings. The molecule has 1 amide bonds. The second kappa shape index (κ2) is 6.47. The van der Waals surface area contributed by atoms with Crippen LogP contribution in [0.2, 0.25) is 0 Å². The van der Waals surface area contributed by atoms with E-state index in [2.05, 4.69) is 5.32 Å². The van der Waals surface area contributed by atoms with Gasteiger partial charge < -0.3 is 15.2 Å². The minimum atomic E-state index is -0.340. The molecule has 0 aromatic heterocycles. The molecule has 0 saturated heterocycles. The Morgan fingerprint density at radius 1 is 1.59 bits per heavy atom. The summed E-state index contributed by atoms with van der Waals surface area (Å²) >= 11 is 5.88. The molecule has 1 unspecified atom stereocenters. The number of phenols is 1. The molecule has 94 valence electrons. The Morgan fingerprint density at radius 2 is 2.29 bits per heavy atom. The van der Waals surface area contributed by atoms with Gasteiger partial charge in [0.25, 0.3) is 5.91 Å². The van der Waals surface area contributed by atoms with Crippen LogP contribution in [0.25, 0.3) is 0 Å². The standard InChI is InChI=1S/C12H16ClNO3/c1-8-3-4-11(15)10(5-8)12(16)14-6-9(13)7-17-2/h3-5,9,15H,6-7H2,1-2H3,(H,14,16). The van der Waals surface area contributed by atoms with Gasteiger partial charge in [0.05, 0.1) is 17.5 Å². The summed E-state index contributed by atoms with van der Waals surface area (Å²) in [6.07, 6.45) is 0. The number of carbonyl (C=O) groups is 1. The Kier molecular flexibility index (Phi) is 5.25. The lowest BCUT2D eigenvalue weighted by molar-refractivity contribution is 0.0946. The van der Waals surface area contributed by atoms with Crippen LogP contribution >= 0.6 is 11.6 Å². The van der Waals surface area contributed by atoms with Crippen LogP contribution in [0.15, 0.2) is 18.2 Å². The highest BCUT2D eigenvalue weighted by Crippen LogP contribution is 2.17. The minimum Gasteiger partial charge on any atom is -0.507 e. The number of hydrogen-bond donors (Lipinski definition) is 2. The average Bonchev–Trinajstić information content (AvgIpc) is 2.29. The molecular formula is C12H16ClNO3. The molecule has 0 saturated carbocycles. The summed E-state index contributed by atoms with van der Waals surface area (Å²) in [6.45, 7) is 2.51. The van der Waals surface area contributed by atoms with E-state index >= 15 is 0 Å². The Morgan fingerprint density at radius 3 is 2.94 bits per heavy atom. The molecule has 0 heterocycles. The first-order chi connectivity index (χ1) is 8.04. The van der Waals surface area contributed by atoms with E-state index in [1.165, 1.54) is 6.07 Å². The molecule has 4 nitrogen and oxygen atoms in total. The van der Waals surface area contributed by atoms with Crippen molar-refractivity contribution < 1.29 is 14.6 Å². The first-order valence-electron chi connectivity index (χ1n) is 5.25. The zero-order chi connectivity index (χ0) is 12.8. The zero-order valence-corrected chi connectivity index (χ0v) is 10.6. The van der Waals surface area contributed by atoms with Gasteiger partial charge in [-0.05, 0) is 19.1 Å². The van der Waals surface area contributed by atoms with Crippen LogP contribution in [0.1, 0.15) is 15.9 Å². The molecule has 1 rings (SSSR count). The molecule has 17 heavy (non-hydrogen) atoms. The van der Waals surface area contributed by atoms with Crippen molar-refractivity contribution in [2.45, 2.75) is 12.3 Å². The maximum absolute atomic E-state index is 11.8. The molecule has 0 bridgehead atoms. The van der Waals surface area contributed by atoms with Crippen LogP contribution in [0.3, 0.4) is 0 Å². The summed E-state index contributed by atoms with van der Waals surface area (Å²) in [5.74, 6) is -0.376. The van der Waals surface area contributed by atoms with Crippen molar-refractivity contribution in [1.29, 1.82) is 0 Å². The number of benzene rings is 1. The summed E-state index contributed by atoms with van der Waals surface area (Å²) in [5, 5.41) is 11.9. The summed E-state index contributed by atoms with van der Waals surface area (Å²) in [4.78, 5) is 11.8. The second-order valence-corrected chi connectivity index (χ2v) is 4.40. The quantitative estimate of drug-likeness (QED) is 0.789. The van der Waals surface area contributed by atoms with E-state index in [1.54, 1.807) is 19.2 Å². The van der Waals surface area contributed by atoms with Gasteiger partial charge in [-0.1, -0.05) is 11.6 Å². The lowest BCUT2D eigenvalue weighted by atomic mass is 10.1. The molecule has 0 spiro atoms. The van der Waals surface area contributed by atoms with Gasteiger partial charge in [-0.25, -0.2) is 0 Å². The normalized spacial score (nSPS) is 12.2. The van der Waals surface area contributed by atoms with Gasteiger partial charge in [0, 0.05) is 13.7 Å². The number of aryl methyl sites for hydroxylation is 1. The molecule has 0 radical (unpaired) electrons. The predicted molar refractivity (Wildman–Crippen MR) is 66.7 cm³/mol. The molecule has 0 aliphatic carbocycles. The van der Waals surface area contributed by atoms with Crippen LogP contribution in [0.5, 0.6) is 5.75 Å². The van der Waals surface area contributed by atoms with Crippen molar-refractivity contribution in [2.75, 3.05) is 20.3 Å². The first kappa shape index (κ1) is 13.8. The lowest BCUT2D eigenvalue weighted by Crippen LogP contribution is -2.31. The number of carbonyl (C=O) groups excluding carboxylic acids is 1. The fraction of sp³-hybridized carbons (Fsp3) is 0.417. The second-order valence-electron chi connectivity index (χ2n) is 3.78. The van der Waals surface area contributed by atoms with Crippen LogP contribution in [0.4, 0.5) is 0 Å². The number of hydrogen-bond acceptors (Lipinski definition) is 3. The van der Waals surface area contributed by atoms with E-state index in [-0.39, 0.29) is 22.6 Å². The highest BCUT2D eigenvalue weighted by Gasteiger charge is 2.12. The van der Waals surface area contributed by atoms with E-state index in [0.717, 1.165) is 5.56 Å². The van der Waals surface area contributed by atoms with E-state index in [9.17, 15) is 9.90 Å². The Bertz CT molecular complexity index is 395. The summed E-state index contributed by atoms with van der Waals surface area (Å²) in [6, 6.07) is 4.86. The minimum absolute atomic E-state index is 0.0361. The Hall–Kier alpha value is -1.26. The molecule has 0 fully saturated rings.